The minimum absolute atomic E-state index is 0.390. The van der Waals surface area contributed by atoms with Gasteiger partial charge in [0.2, 0.25) is 0 Å². The normalized spacial score (nSPS) is 13.1. The quantitative estimate of drug-likeness (QED) is 0.586. The van der Waals surface area contributed by atoms with Crippen molar-refractivity contribution in [3.05, 3.63) is 0 Å². The zero-order valence-corrected chi connectivity index (χ0v) is 7.18. The van der Waals surface area contributed by atoms with Gasteiger partial charge in [0, 0.05) is 0 Å². The topological polar surface area (TPSA) is 69.1 Å². The van der Waals surface area contributed by atoms with Crippen molar-refractivity contribution in [3.8, 4) is 0 Å². The molecule has 9 heavy (non-hydrogen) atoms. The Bertz CT molecular complexity index is 97.0. The third-order valence-electron chi connectivity index (χ3n) is 0.998. The summed E-state index contributed by atoms with van der Waals surface area (Å²) < 4.78 is 0. The van der Waals surface area contributed by atoms with Crippen LogP contribution in [0.3, 0.4) is 0 Å². The van der Waals surface area contributed by atoms with Crippen LogP contribution in [0, 0.1) is 0 Å². The van der Waals surface area contributed by atoms with Gasteiger partial charge in [-0.3, -0.25) is 0 Å². The van der Waals surface area contributed by atoms with E-state index in [0.717, 1.165) is 11.7 Å². The second kappa shape index (κ2) is 4.79. The van der Waals surface area contributed by atoms with Crippen LogP contribution in [0.15, 0.2) is 0 Å². The van der Waals surface area contributed by atoms with Crippen molar-refractivity contribution < 1.29 is 4.79 Å². The van der Waals surface area contributed by atoms with E-state index in [1.165, 1.54) is 0 Å². The maximum atomic E-state index is 10.3. The van der Waals surface area contributed by atoms with Gasteiger partial charge in [0.25, 0.3) is 0 Å². The van der Waals surface area contributed by atoms with Gasteiger partial charge in [-0.2, -0.15) is 0 Å². The SMILES string of the molecule is C[Se]CC[C@H](N)C(N)=O. The molecule has 0 fully saturated rings. The fraction of sp³-hybridized carbons (Fsp3) is 0.800. The molecule has 54 valence electrons. The summed E-state index contributed by atoms with van der Waals surface area (Å²) in [7, 11) is 0. The number of rotatable bonds is 4. The predicted molar refractivity (Wildman–Crippen MR) is 38.2 cm³/mol. The molecular weight excluding hydrogens is 183 g/mol. The summed E-state index contributed by atoms with van der Waals surface area (Å²) in [6.45, 7) is 0. The molecule has 4 N–H and O–H groups in total. The molecular formula is C5H12N2OSe. The monoisotopic (exact) mass is 196 g/mol. The minimum atomic E-state index is -0.424. The Balaban J connectivity index is 3.27. The van der Waals surface area contributed by atoms with Gasteiger partial charge in [-0.1, -0.05) is 0 Å². The molecule has 0 rings (SSSR count). The van der Waals surface area contributed by atoms with Gasteiger partial charge in [0.1, 0.15) is 0 Å². The Labute approximate surface area is 61.3 Å². The molecule has 0 aliphatic carbocycles. The molecule has 0 unspecified atom stereocenters. The third-order valence-corrected chi connectivity index (χ3v) is 2.35. The summed E-state index contributed by atoms with van der Waals surface area (Å²) in [5, 5.41) is 1.04. The number of hydrogen-bond acceptors (Lipinski definition) is 2. The number of primary amides is 1. The number of hydrogen-bond donors (Lipinski definition) is 2. The number of amides is 1. The van der Waals surface area contributed by atoms with E-state index >= 15 is 0 Å². The maximum absolute atomic E-state index is 10.3. The molecule has 0 saturated heterocycles. The second-order valence-electron chi connectivity index (χ2n) is 1.79. The Morgan fingerprint density at radius 2 is 2.33 bits per heavy atom. The molecule has 0 bridgehead atoms. The van der Waals surface area contributed by atoms with Crippen LogP contribution in [-0.2, 0) is 4.79 Å². The van der Waals surface area contributed by atoms with E-state index in [1.807, 2.05) is 0 Å². The van der Waals surface area contributed by atoms with E-state index < -0.39 is 6.04 Å². The van der Waals surface area contributed by atoms with E-state index in [9.17, 15) is 4.79 Å². The molecule has 0 spiro atoms. The van der Waals surface area contributed by atoms with Gasteiger partial charge in [-0.05, 0) is 0 Å². The van der Waals surface area contributed by atoms with Gasteiger partial charge >= 0.3 is 60.7 Å². The average Bonchev–Trinajstić information content (AvgIpc) is 1.82. The van der Waals surface area contributed by atoms with Gasteiger partial charge in [-0.15, -0.1) is 0 Å². The van der Waals surface area contributed by atoms with E-state index in [1.54, 1.807) is 0 Å². The number of carbonyl (C=O) groups is 1. The average molecular weight is 195 g/mol. The molecule has 0 aliphatic heterocycles. The Morgan fingerprint density at radius 3 is 2.67 bits per heavy atom. The zero-order valence-electron chi connectivity index (χ0n) is 5.46. The predicted octanol–water partition coefficient (Wildman–Crippen LogP) is -0.640. The molecule has 0 aromatic carbocycles. The summed E-state index contributed by atoms with van der Waals surface area (Å²) in [5.74, 6) is 1.72. The van der Waals surface area contributed by atoms with Crippen LogP contribution in [0.2, 0.25) is 11.1 Å². The number of nitrogens with two attached hydrogens (primary N) is 2. The molecule has 1 atom stereocenters. The van der Waals surface area contributed by atoms with Gasteiger partial charge < -0.3 is 0 Å². The first kappa shape index (κ1) is 8.95. The first-order chi connectivity index (χ1) is 4.18. The first-order valence-corrected chi connectivity index (χ1v) is 5.64. The van der Waals surface area contributed by atoms with Crippen molar-refractivity contribution in [3.63, 3.8) is 0 Å². The van der Waals surface area contributed by atoms with E-state index in [4.69, 9.17) is 11.5 Å². The molecule has 4 heteroatoms. The Morgan fingerprint density at radius 1 is 1.78 bits per heavy atom. The fourth-order valence-electron chi connectivity index (χ4n) is 0.387. The molecule has 0 aliphatic rings. The van der Waals surface area contributed by atoms with Crippen LogP contribution in [0.5, 0.6) is 0 Å². The number of carbonyl (C=O) groups excluding carboxylic acids is 1. The molecule has 0 radical (unpaired) electrons. The van der Waals surface area contributed by atoms with Gasteiger partial charge in [0.15, 0.2) is 0 Å². The molecule has 0 saturated carbocycles. The standard InChI is InChI=1S/C5H12N2OSe/c1-9-3-2-4(6)5(7)8/h4H,2-3,6H2,1H3,(H2,7,8)/t4-/m0/s1. The van der Waals surface area contributed by atoms with Crippen LogP contribution in [0.1, 0.15) is 6.42 Å². The molecule has 3 nitrogen and oxygen atoms in total. The van der Waals surface area contributed by atoms with Crippen molar-refractivity contribution in [1.82, 2.24) is 0 Å². The molecule has 0 aromatic rings. The van der Waals surface area contributed by atoms with Crippen LogP contribution in [-0.4, -0.2) is 26.9 Å². The Kier molecular flexibility index (Phi) is 4.77. The van der Waals surface area contributed by atoms with Crippen molar-refractivity contribution in [1.29, 1.82) is 0 Å². The summed E-state index contributed by atoms with van der Waals surface area (Å²) in [4.78, 5) is 10.3. The summed E-state index contributed by atoms with van der Waals surface area (Å²) in [5.41, 5.74) is 10.3. The van der Waals surface area contributed by atoms with Gasteiger partial charge in [0.05, 0.1) is 0 Å². The van der Waals surface area contributed by atoms with Gasteiger partial charge in [-0.25, -0.2) is 0 Å². The zero-order chi connectivity index (χ0) is 7.28. The first-order valence-electron chi connectivity index (χ1n) is 2.72. The second-order valence-corrected chi connectivity index (χ2v) is 3.86. The molecule has 1 amide bonds. The molecule has 0 heterocycles. The Hall–Kier alpha value is -0.0505. The fourth-order valence-corrected chi connectivity index (χ4v) is 1.41. The van der Waals surface area contributed by atoms with E-state index in [2.05, 4.69) is 5.82 Å². The van der Waals surface area contributed by atoms with Crippen LogP contribution in [0.25, 0.3) is 0 Å². The molecule has 0 aromatic heterocycles. The summed E-state index contributed by atoms with van der Waals surface area (Å²) in [6.07, 6.45) is 0.742. The van der Waals surface area contributed by atoms with Crippen molar-refractivity contribution in [2.75, 3.05) is 0 Å². The summed E-state index contributed by atoms with van der Waals surface area (Å²) in [6, 6.07) is -0.424. The summed E-state index contributed by atoms with van der Waals surface area (Å²) >= 11 is 0.604. The third kappa shape index (κ3) is 4.45. The van der Waals surface area contributed by atoms with Crippen LogP contribution >= 0.6 is 0 Å². The van der Waals surface area contributed by atoms with Crippen molar-refractivity contribution >= 4 is 20.9 Å². The van der Waals surface area contributed by atoms with E-state index in [0.29, 0.717) is 15.0 Å². The van der Waals surface area contributed by atoms with E-state index in [-0.39, 0.29) is 5.91 Å². The van der Waals surface area contributed by atoms with Crippen molar-refractivity contribution in [2.24, 2.45) is 11.5 Å². The van der Waals surface area contributed by atoms with Crippen LogP contribution < -0.4 is 11.5 Å². The van der Waals surface area contributed by atoms with Crippen molar-refractivity contribution in [2.45, 2.75) is 23.6 Å². The van der Waals surface area contributed by atoms with Crippen LogP contribution in [0.4, 0.5) is 0 Å².